The number of nitro groups is 1. The molecule has 0 N–H and O–H groups in total. The fourth-order valence-corrected chi connectivity index (χ4v) is 3.32. The molecule has 1 aliphatic heterocycles. The van der Waals surface area contributed by atoms with Crippen molar-refractivity contribution in [3.05, 3.63) is 69.6 Å². The second-order valence-corrected chi connectivity index (χ2v) is 6.98. The van der Waals surface area contributed by atoms with Gasteiger partial charge in [0.1, 0.15) is 6.33 Å². The molecule has 4 rings (SSSR count). The minimum Gasteiger partial charge on any atom is -0.459 e. The number of nitrogens with zero attached hydrogens (tertiary/aromatic N) is 5. The molecule has 1 fully saturated rings. The van der Waals surface area contributed by atoms with E-state index in [1.54, 1.807) is 21.9 Å². The number of furan rings is 1. The molecule has 0 atom stereocenters. The van der Waals surface area contributed by atoms with Gasteiger partial charge >= 0.3 is 11.6 Å². The molecule has 0 spiro atoms. The Morgan fingerprint density at radius 2 is 2.00 bits per heavy atom. The highest BCUT2D eigenvalue weighted by molar-refractivity contribution is 6.30. The van der Waals surface area contributed by atoms with Crippen LogP contribution < -0.4 is 9.64 Å². The lowest BCUT2D eigenvalue weighted by Crippen LogP contribution is -2.49. The molecular weight excluding hydrogens is 433 g/mol. The average Bonchev–Trinajstić information content (AvgIpc) is 3.30. The Morgan fingerprint density at radius 1 is 1.23 bits per heavy atom. The lowest BCUT2D eigenvalue weighted by Gasteiger charge is -2.34. The van der Waals surface area contributed by atoms with Gasteiger partial charge in [0.25, 0.3) is 5.91 Å². The van der Waals surface area contributed by atoms with Crippen LogP contribution >= 0.6 is 11.6 Å². The smallest absolute Gasteiger partial charge is 0.373 e. The molecule has 12 heteroatoms. The number of aromatic nitrogens is 2. The average molecular weight is 448 g/mol. The SMILES string of the molecule is O=C(c1ccco1)N1CCN(c2ncnc(Oc3ccc(Cl)cc3F)c2[N+](=O)[O-])CC1. The molecule has 0 bridgehead atoms. The van der Waals surface area contributed by atoms with Crippen molar-refractivity contribution < 1.29 is 23.3 Å². The second kappa shape index (κ2) is 8.56. The number of carbonyl (C=O) groups is 1. The van der Waals surface area contributed by atoms with Crippen molar-refractivity contribution >= 4 is 29.0 Å². The van der Waals surface area contributed by atoms with Crippen LogP contribution in [0.4, 0.5) is 15.9 Å². The summed E-state index contributed by atoms with van der Waals surface area (Å²) in [6.07, 6.45) is 2.52. The van der Waals surface area contributed by atoms with Gasteiger partial charge in [0.05, 0.1) is 11.2 Å². The van der Waals surface area contributed by atoms with Gasteiger partial charge in [-0.3, -0.25) is 14.9 Å². The first-order valence-electron chi connectivity index (χ1n) is 9.14. The highest BCUT2D eigenvalue weighted by Crippen LogP contribution is 2.37. The van der Waals surface area contributed by atoms with E-state index in [-0.39, 0.29) is 28.3 Å². The van der Waals surface area contributed by atoms with E-state index >= 15 is 0 Å². The standard InChI is InChI=1S/C19H15ClFN5O5/c20-12-3-4-14(13(21)10-12)31-18-16(26(28)29)17(22-11-23-18)24-5-7-25(8-6-24)19(27)15-2-1-9-30-15/h1-4,9-11H,5-8H2. The van der Waals surface area contributed by atoms with Gasteiger partial charge in [-0.1, -0.05) is 11.6 Å². The van der Waals surface area contributed by atoms with Crippen LogP contribution in [0.25, 0.3) is 0 Å². The van der Waals surface area contributed by atoms with Crippen molar-refractivity contribution in [2.75, 3.05) is 31.1 Å². The van der Waals surface area contributed by atoms with Crippen LogP contribution in [0.2, 0.25) is 5.02 Å². The number of rotatable bonds is 5. The van der Waals surface area contributed by atoms with Crippen molar-refractivity contribution in [1.82, 2.24) is 14.9 Å². The first-order chi connectivity index (χ1) is 14.9. The predicted molar refractivity (Wildman–Crippen MR) is 107 cm³/mol. The number of hydrogen-bond donors (Lipinski definition) is 0. The fraction of sp³-hybridized carbons (Fsp3) is 0.211. The number of piperazine rings is 1. The Hall–Kier alpha value is -3.73. The Balaban J connectivity index is 1.56. The molecule has 1 saturated heterocycles. The maximum atomic E-state index is 14.1. The van der Waals surface area contributed by atoms with E-state index in [0.29, 0.717) is 26.2 Å². The number of amides is 1. The van der Waals surface area contributed by atoms with Crippen molar-refractivity contribution in [3.63, 3.8) is 0 Å². The topological polar surface area (TPSA) is 115 Å². The van der Waals surface area contributed by atoms with E-state index < -0.39 is 22.3 Å². The molecule has 160 valence electrons. The third kappa shape index (κ3) is 4.26. The van der Waals surface area contributed by atoms with Crippen molar-refractivity contribution in [2.45, 2.75) is 0 Å². The molecule has 2 aromatic heterocycles. The number of anilines is 1. The van der Waals surface area contributed by atoms with Crippen LogP contribution in [0, 0.1) is 15.9 Å². The Morgan fingerprint density at radius 3 is 2.65 bits per heavy atom. The van der Waals surface area contributed by atoms with Crippen LogP contribution in [-0.2, 0) is 0 Å². The third-order valence-electron chi connectivity index (χ3n) is 4.65. The summed E-state index contributed by atoms with van der Waals surface area (Å²) >= 11 is 5.73. The normalized spacial score (nSPS) is 13.9. The zero-order valence-electron chi connectivity index (χ0n) is 15.9. The van der Waals surface area contributed by atoms with E-state index in [4.69, 9.17) is 20.8 Å². The summed E-state index contributed by atoms with van der Waals surface area (Å²) in [6.45, 7) is 1.20. The van der Waals surface area contributed by atoms with Crippen LogP contribution in [-0.4, -0.2) is 51.9 Å². The molecule has 0 unspecified atom stereocenters. The van der Waals surface area contributed by atoms with Gasteiger partial charge in [0, 0.05) is 31.2 Å². The van der Waals surface area contributed by atoms with Crippen molar-refractivity contribution in [3.8, 4) is 11.6 Å². The molecule has 3 aromatic rings. The van der Waals surface area contributed by atoms with Gasteiger partial charge in [-0.15, -0.1) is 0 Å². The maximum absolute atomic E-state index is 14.1. The molecular formula is C19H15ClFN5O5. The highest BCUT2D eigenvalue weighted by Gasteiger charge is 2.32. The molecule has 10 nitrogen and oxygen atoms in total. The van der Waals surface area contributed by atoms with Gasteiger partial charge in [0.15, 0.2) is 17.3 Å². The van der Waals surface area contributed by atoms with Crippen molar-refractivity contribution in [1.29, 1.82) is 0 Å². The Bertz CT molecular complexity index is 1120. The van der Waals surface area contributed by atoms with Crippen LogP contribution in [0.3, 0.4) is 0 Å². The Kier molecular flexibility index (Phi) is 5.67. The minimum absolute atomic E-state index is 0.0227. The summed E-state index contributed by atoms with van der Waals surface area (Å²) in [5.41, 5.74) is -0.498. The first-order valence-corrected chi connectivity index (χ1v) is 9.52. The van der Waals surface area contributed by atoms with E-state index in [2.05, 4.69) is 9.97 Å². The molecule has 31 heavy (non-hydrogen) atoms. The maximum Gasteiger partial charge on any atom is 0.373 e. The molecule has 1 aromatic carbocycles. The predicted octanol–water partition coefficient (Wildman–Crippen LogP) is 3.53. The number of halogens is 2. The van der Waals surface area contributed by atoms with Gasteiger partial charge in [-0.2, -0.15) is 4.98 Å². The summed E-state index contributed by atoms with van der Waals surface area (Å²) in [7, 11) is 0. The lowest BCUT2D eigenvalue weighted by molar-refractivity contribution is -0.385. The van der Waals surface area contributed by atoms with Gasteiger partial charge in [-0.05, 0) is 30.3 Å². The van der Waals surface area contributed by atoms with Gasteiger partial charge < -0.3 is 19.0 Å². The molecule has 0 aliphatic carbocycles. The molecule has 1 amide bonds. The van der Waals surface area contributed by atoms with E-state index in [9.17, 15) is 19.3 Å². The fourth-order valence-electron chi connectivity index (χ4n) is 3.16. The number of ether oxygens (including phenoxy) is 1. The number of hydrogen-bond acceptors (Lipinski definition) is 8. The van der Waals surface area contributed by atoms with Crippen molar-refractivity contribution in [2.24, 2.45) is 0 Å². The highest BCUT2D eigenvalue weighted by atomic mass is 35.5. The largest absolute Gasteiger partial charge is 0.459 e. The van der Waals surface area contributed by atoms with Gasteiger partial charge in [0.2, 0.25) is 5.82 Å². The summed E-state index contributed by atoms with van der Waals surface area (Å²) in [5, 5.41) is 11.9. The number of carbonyl (C=O) groups excluding carboxylic acids is 1. The summed E-state index contributed by atoms with van der Waals surface area (Å²) in [4.78, 5) is 34.6. The van der Waals surface area contributed by atoms with E-state index in [1.165, 1.54) is 18.4 Å². The summed E-state index contributed by atoms with van der Waals surface area (Å²) in [6, 6.07) is 6.87. The monoisotopic (exact) mass is 447 g/mol. The van der Waals surface area contributed by atoms with E-state index in [1.807, 2.05) is 0 Å². The quantitative estimate of drug-likeness (QED) is 0.431. The zero-order chi connectivity index (χ0) is 22.0. The molecule has 1 aliphatic rings. The van der Waals surface area contributed by atoms with Crippen LogP contribution in [0.15, 0.2) is 47.3 Å². The van der Waals surface area contributed by atoms with Crippen LogP contribution in [0.5, 0.6) is 11.6 Å². The Labute approximate surface area is 180 Å². The van der Waals surface area contributed by atoms with Crippen LogP contribution in [0.1, 0.15) is 10.6 Å². The van der Waals surface area contributed by atoms with E-state index in [0.717, 1.165) is 12.4 Å². The second-order valence-electron chi connectivity index (χ2n) is 6.54. The minimum atomic E-state index is -0.785. The van der Waals surface area contributed by atoms with Gasteiger partial charge in [-0.25, -0.2) is 9.37 Å². The lowest BCUT2D eigenvalue weighted by atomic mass is 10.2. The molecule has 0 saturated carbocycles. The summed E-state index contributed by atoms with van der Waals surface area (Å²) in [5.74, 6) is -1.45. The number of benzene rings is 1. The summed E-state index contributed by atoms with van der Waals surface area (Å²) < 4.78 is 24.6. The molecule has 0 radical (unpaired) electrons. The third-order valence-corrected chi connectivity index (χ3v) is 4.89. The first kappa shape index (κ1) is 20.5. The molecule has 3 heterocycles. The zero-order valence-corrected chi connectivity index (χ0v) is 16.7.